The number of aryl methyl sites for hydroxylation is 2. The first kappa shape index (κ1) is 15.5. The fourth-order valence-electron chi connectivity index (χ4n) is 3.00. The van der Waals surface area contributed by atoms with Gasteiger partial charge in [0.2, 0.25) is 0 Å². The molecule has 2 atom stereocenters. The van der Waals surface area contributed by atoms with Gasteiger partial charge < -0.3 is 9.84 Å². The van der Waals surface area contributed by atoms with Crippen LogP contribution in [0.25, 0.3) is 0 Å². The van der Waals surface area contributed by atoms with Crippen molar-refractivity contribution in [3.05, 3.63) is 34.9 Å². The third-order valence-corrected chi connectivity index (χ3v) is 4.20. The van der Waals surface area contributed by atoms with Crippen molar-refractivity contribution in [1.29, 1.82) is 0 Å². The number of hydrogen-bond acceptors (Lipinski definition) is 3. The maximum Gasteiger partial charge on any atom is 0.0964 e. The van der Waals surface area contributed by atoms with Gasteiger partial charge >= 0.3 is 0 Å². The second-order valence-electron chi connectivity index (χ2n) is 5.85. The minimum absolute atomic E-state index is 0.0608. The van der Waals surface area contributed by atoms with Crippen LogP contribution in [-0.2, 0) is 11.2 Å². The summed E-state index contributed by atoms with van der Waals surface area (Å²) in [5.74, 6) is 0. The van der Waals surface area contributed by atoms with Crippen LogP contribution in [0.15, 0.2) is 18.2 Å². The van der Waals surface area contributed by atoms with E-state index in [4.69, 9.17) is 4.74 Å². The highest BCUT2D eigenvalue weighted by Gasteiger charge is 2.27. The minimum atomic E-state index is -0.422. The molecule has 1 fully saturated rings. The van der Waals surface area contributed by atoms with Crippen molar-refractivity contribution in [2.24, 2.45) is 0 Å². The summed E-state index contributed by atoms with van der Waals surface area (Å²) in [4.78, 5) is 2.39. The minimum Gasteiger partial charge on any atom is -0.390 e. The monoisotopic (exact) mass is 277 g/mol. The number of morpholine rings is 1. The zero-order chi connectivity index (χ0) is 14.5. The molecule has 112 valence electrons. The zero-order valence-corrected chi connectivity index (χ0v) is 12.9. The number of aliphatic hydroxyl groups excluding tert-OH is 1. The van der Waals surface area contributed by atoms with E-state index in [1.54, 1.807) is 0 Å². The predicted octanol–water partition coefficient (Wildman–Crippen LogP) is 2.32. The van der Waals surface area contributed by atoms with Gasteiger partial charge in [-0.25, -0.2) is 0 Å². The van der Waals surface area contributed by atoms with Gasteiger partial charge in [-0.15, -0.1) is 0 Å². The van der Waals surface area contributed by atoms with Gasteiger partial charge in [0.15, 0.2) is 0 Å². The Kier molecular flexibility index (Phi) is 5.58. The number of benzene rings is 1. The van der Waals surface area contributed by atoms with Gasteiger partial charge in [0, 0.05) is 19.5 Å². The summed E-state index contributed by atoms with van der Waals surface area (Å²) >= 11 is 0. The molecule has 0 aromatic heterocycles. The van der Waals surface area contributed by atoms with E-state index in [1.807, 2.05) is 0 Å². The second kappa shape index (κ2) is 7.21. The molecular weight excluding hydrogens is 250 g/mol. The molecule has 0 radical (unpaired) electrons. The lowest BCUT2D eigenvalue weighted by Crippen LogP contribution is -2.48. The van der Waals surface area contributed by atoms with Crippen LogP contribution in [0.5, 0.6) is 0 Å². The van der Waals surface area contributed by atoms with E-state index in [9.17, 15) is 5.11 Å². The van der Waals surface area contributed by atoms with Crippen molar-refractivity contribution >= 4 is 0 Å². The van der Waals surface area contributed by atoms with Crippen molar-refractivity contribution < 1.29 is 9.84 Å². The summed E-state index contributed by atoms with van der Waals surface area (Å²) in [7, 11) is 0. The van der Waals surface area contributed by atoms with Gasteiger partial charge in [-0.2, -0.15) is 0 Å². The lowest BCUT2D eigenvalue weighted by Gasteiger charge is -2.35. The Bertz CT molecular complexity index is 411. The average molecular weight is 277 g/mol. The maximum absolute atomic E-state index is 10.5. The summed E-state index contributed by atoms with van der Waals surface area (Å²) in [5.41, 5.74) is 3.77. The van der Waals surface area contributed by atoms with E-state index in [2.05, 4.69) is 43.9 Å². The zero-order valence-electron chi connectivity index (χ0n) is 12.9. The fourth-order valence-corrected chi connectivity index (χ4v) is 3.00. The molecule has 3 nitrogen and oxygen atoms in total. The van der Waals surface area contributed by atoms with Crippen molar-refractivity contribution in [1.82, 2.24) is 4.90 Å². The largest absolute Gasteiger partial charge is 0.390 e. The molecule has 2 unspecified atom stereocenters. The average Bonchev–Trinajstić information content (AvgIpc) is 2.43. The lowest BCUT2D eigenvalue weighted by atomic mass is 9.95. The third-order valence-electron chi connectivity index (χ3n) is 4.20. The molecule has 0 aliphatic carbocycles. The van der Waals surface area contributed by atoms with Crippen LogP contribution in [0.4, 0.5) is 0 Å². The predicted molar refractivity (Wildman–Crippen MR) is 82.1 cm³/mol. The van der Waals surface area contributed by atoms with E-state index in [1.165, 1.54) is 16.7 Å². The molecule has 1 aliphatic rings. The van der Waals surface area contributed by atoms with E-state index in [-0.39, 0.29) is 6.10 Å². The molecule has 3 heteroatoms. The van der Waals surface area contributed by atoms with Crippen LogP contribution in [0, 0.1) is 13.8 Å². The third kappa shape index (κ3) is 3.81. The highest BCUT2D eigenvalue weighted by molar-refractivity contribution is 5.34. The van der Waals surface area contributed by atoms with Gasteiger partial charge in [0.05, 0.1) is 18.8 Å². The van der Waals surface area contributed by atoms with E-state index >= 15 is 0 Å². The van der Waals surface area contributed by atoms with Gasteiger partial charge in [-0.3, -0.25) is 4.90 Å². The topological polar surface area (TPSA) is 32.7 Å². The lowest BCUT2D eigenvalue weighted by molar-refractivity contribution is -0.0878. The quantitative estimate of drug-likeness (QED) is 0.896. The van der Waals surface area contributed by atoms with Gasteiger partial charge in [-0.05, 0) is 43.5 Å². The highest BCUT2D eigenvalue weighted by Crippen LogP contribution is 2.19. The van der Waals surface area contributed by atoms with Crippen LogP contribution < -0.4 is 0 Å². The Morgan fingerprint density at radius 3 is 2.70 bits per heavy atom. The molecule has 0 saturated carbocycles. The van der Waals surface area contributed by atoms with Crippen LogP contribution in [0.2, 0.25) is 0 Å². The molecule has 1 heterocycles. The Balaban J connectivity index is 1.99. The molecule has 0 spiro atoms. The first-order chi connectivity index (χ1) is 9.61. The van der Waals surface area contributed by atoms with Gasteiger partial charge in [-0.1, -0.05) is 25.1 Å². The molecule has 20 heavy (non-hydrogen) atoms. The maximum atomic E-state index is 10.5. The van der Waals surface area contributed by atoms with Crippen molar-refractivity contribution in [2.75, 3.05) is 26.2 Å². The smallest absolute Gasteiger partial charge is 0.0964 e. The second-order valence-corrected chi connectivity index (χ2v) is 5.85. The van der Waals surface area contributed by atoms with Crippen molar-refractivity contribution in [3.8, 4) is 0 Å². The van der Waals surface area contributed by atoms with E-state index in [0.29, 0.717) is 6.42 Å². The van der Waals surface area contributed by atoms with Crippen molar-refractivity contribution in [2.45, 2.75) is 45.8 Å². The van der Waals surface area contributed by atoms with E-state index < -0.39 is 6.10 Å². The highest BCUT2D eigenvalue weighted by atomic mass is 16.5. The van der Waals surface area contributed by atoms with Gasteiger partial charge in [0.25, 0.3) is 0 Å². The van der Waals surface area contributed by atoms with Crippen LogP contribution in [0.1, 0.15) is 30.0 Å². The number of nitrogens with zero attached hydrogens (tertiary/aromatic N) is 1. The first-order valence-electron chi connectivity index (χ1n) is 7.69. The number of ether oxygens (including phenoxy) is 1. The summed E-state index contributed by atoms with van der Waals surface area (Å²) < 4.78 is 5.78. The summed E-state index contributed by atoms with van der Waals surface area (Å²) in [6.07, 6.45) is 1.35. The van der Waals surface area contributed by atoms with E-state index in [0.717, 1.165) is 32.7 Å². The molecule has 0 amide bonds. The standard InChI is InChI=1S/C17H27NO2/c1-4-8-18-9-10-20-17(12-18)16(19)11-15-13(2)6-5-7-14(15)3/h5-7,16-17,19H,4,8-12H2,1-3H3. The Morgan fingerprint density at radius 2 is 2.05 bits per heavy atom. The van der Waals surface area contributed by atoms with Gasteiger partial charge in [0.1, 0.15) is 0 Å². The van der Waals surface area contributed by atoms with Crippen LogP contribution in [0.3, 0.4) is 0 Å². The molecule has 1 saturated heterocycles. The molecule has 1 aromatic rings. The fraction of sp³-hybridized carbons (Fsp3) is 0.647. The molecular formula is C17H27NO2. The molecule has 0 bridgehead atoms. The molecule has 1 aromatic carbocycles. The SMILES string of the molecule is CCCN1CCOC(C(O)Cc2c(C)cccc2C)C1. The van der Waals surface area contributed by atoms with Crippen LogP contribution >= 0.6 is 0 Å². The normalized spacial score (nSPS) is 21.9. The molecule has 1 aliphatic heterocycles. The van der Waals surface area contributed by atoms with Crippen LogP contribution in [-0.4, -0.2) is 48.5 Å². The Morgan fingerprint density at radius 1 is 1.35 bits per heavy atom. The van der Waals surface area contributed by atoms with Crippen molar-refractivity contribution in [3.63, 3.8) is 0 Å². The molecule has 1 N–H and O–H groups in total. The Labute approximate surface area is 122 Å². The first-order valence-corrected chi connectivity index (χ1v) is 7.69. The summed E-state index contributed by atoms with van der Waals surface area (Å²) in [5, 5.41) is 10.5. The summed E-state index contributed by atoms with van der Waals surface area (Å²) in [6, 6.07) is 6.29. The number of hydrogen-bond donors (Lipinski definition) is 1. The number of rotatable bonds is 5. The number of aliphatic hydroxyl groups is 1. The summed E-state index contributed by atoms with van der Waals surface area (Å²) in [6.45, 7) is 10.1. The molecule has 2 rings (SSSR count). The Hall–Kier alpha value is -0.900.